The lowest BCUT2D eigenvalue weighted by molar-refractivity contribution is 0.102. The maximum Gasteiger partial charge on any atom is 0.192 e. The first-order valence-corrected chi connectivity index (χ1v) is 9.31. The zero-order valence-electron chi connectivity index (χ0n) is 15.1. The molecule has 0 spiro atoms. The van der Waals surface area contributed by atoms with Crippen molar-refractivity contribution in [3.05, 3.63) is 77.4 Å². The largest absolute Gasteiger partial charge is 0.507 e. The van der Waals surface area contributed by atoms with Crippen LogP contribution < -0.4 is 0 Å². The van der Waals surface area contributed by atoms with E-state index >= 15 is 0 Å². The van der Waals surface area contributed by atoms with E-state index in [-0.39, 0.29) is 11.5 Å². The molecule has 0 aliphatic heterocycles. The molecule has 2 nitrogen and oxygen atoms in total. The van der Waals surface area contributed by atoms with Crippen LogP contribution in [0, 0.1) is 0 Å². The summed E-state index contributed by atoms with van der Waals surface area (Å²) in [6, 6.07) is 18.6. The number of allylic oxidation sites excluding steroid dienone is 1. The summed E-state index contributed by atoms with van der Waals surface area (Å²) >= 11 is 0. The van der Waals surface area contributed by atoms with E-state index in [0.29, 0.717) is 23.1 Å². The summed E-state index contributed by atoms with van der Waals surface area (Å²) in [5.41, 5.74) is 1.85. The first kappa shape index (κ1) is 19.0. The lowest BCUT2D eigenvalue weighted by atomic mass is 9.94. The molecule has 0 aliphatic rings. The maximum absolute atomic E-state index is 12.9. The lowest BCUT2D eigenvalue weighted by Crippen LogP contribution is -2.07. The standard InChI is InChI=1S/C23H28O2/c1-2-3-4-5-6-13-18-21(22(24)19-14-9-7-10-15-19)23(25)20-16-11-8-12-17-20/h7-12,14-17,24H,2-6,13,18H2,1H3/b22-21+. The van der Waals surface area contributed by atoms with Gasteiger partial charge in [0.15, 0.2) is 5.78 Å². The van der Waals surface area contributed by atoms with Gasteiger partial charge in [0, 0.05) is 16.7 Å². The Labute approximate surface area is 151 Å². The average Bonchev–Trinajstić information content (AvgIpc) is 2.68. The molecule has 0 unspecified atom stereocenters. The van der Waals surface area contributed by atoms with Crippen molar-refractivity contribution < 1.29 is 9.90 Å². The molecule has 0 aliphatic carbocycles. The molecule has 0 saturated carbocycles. The van der Waals surface area contributed by atoms with E-state index in [2.05, 4.69) is 6.92 Å². The fourth-order valence-electron chi connectivity index (χ4n) is 2.96. The molecule has 0 radical (unpaired) electrons. The van der Waals surface area contributed by atoms with Gasteiger partial charge in [0.25, 0.3) is 0 Å². The Morgan fingerprint density at radius 3 is 1.88 bits per heavy atom. The van der Waals surface area contributed by atoms with Crippen LogP contribution in [0.5, 0.6) is 0 Å². The summed E-state index contributed by atoms with van der Waals surface area (Å²) in [5.74, 6) is 0.0403. The Morgan fingerprint density at radius 1 is 0.760 bits per heavy atom. The number of carbonyl (C=O) groups excluding carboxylic acids is 1. The second-order valence-electron chi connectivity index (χ2n) is 6.41. The number of ketones is 1. The molecule has 132 valence electrons. The van der Waals surface area contributed by atoms with Crippen molar-refractivity contribution in [2.24, 2.45) is 0 Å². The number of hydrogen-bond donors (Lipinski definition) is 1. The molecule has 0 heterocycles. The Kier molecular flexibility index (Phi) is 7.97. The molecular weight excluding hydrogens is 308 g/mol. The second-order valence-corrected chi connectivity index (χ2v) is 6.41. The highest BCUT2D eigenvalue weighted by Crippen LogP contribution is 2.24. The van der Waals surface area contributed by atoms with Crippen molar-refractivity contribution in [3.63, 3.8) is 0 Å². The maximum atomic E-state index is 12.9. The van der Waals surface area contributed by atoms with Gasteiger partial charge in [0.1, 0.15) is 5.76 Å². The van der Waals surface area contributed by atoms with Gasteiger partial charge < -0.3 is 5.11 Å². The SMILES string of the molecule is CCCCCCCC/C(C(=O)c1ccccc1)=C(\O)c1ccccc1. The fraction of sp³-hybridized carbons (Fsp3) is 0.348. The lowest BCUT2D eigenvalue weighted by Gasteiger charge is -2.11. The highest BCUT2D eigenvalue weighted by Gasteiger charge is 2.17. The number of Topliss-reactive ketones (excluding diaryl/α,β-unsaturated/α-hetero) is 1. The van der Waals surface area contributed by atoms with E-state index in [9.17, 15) is 9.90 Å². The van der Waals surface area contributed by atoms with E-state index in [4.69, 9.17) is 0 Å². The molecule has 0 fully saturated rings. The first-order chi connectivity index (χ1) is 12.2. The molecule has 2 heteroatoms. The Balaban J connectivity index is 2.15. The van der Waals surface area contributed by atoms with Gasteiger partial charge in [-0.2, -0.15) is 0 Å². The molecule has 25 heavy (non-hydrogen) atoms. The number of rotatable bonds is 10. The number of aliphatic hydroxyl groups excluding tert-OH is 1. The minimum atomic E-state index is -0.0736. The van der Waals surface area contributed by atoms with Gasteiger partial charge in [0.2, 0.25) is 0 Å². The van der Waals surface area contributed by atoms with E-state index in [1.54, 1.807) is 0 Å². The van der Waals surface area contributed by atoms with Gasteiger partial charge in [-0.05, 0) is 12.8 Å². The Bertz CT molecular complexity index is 672. The van der Waals surface area contributed by atoms with Crippen molar-refractivity contribution in [1.29, 1.82) is 0 Å². The predicted molar refractivity (Wildman–Crippen MR) is 105 cm³/mol. The number of unbranched alkanes of at least 4 members (excludes halogenated alkanes) is 5. The van der Waals surface area contributed by atoms with Crippen molar-refractivity contribution in [2.75, 3.05) is 0 Å². The van der Waals surface area contributed by atoms with Crippen LogP contribution >= 0.6 is 0 Å². The van der Waals surface area contributed by atoms with Crippen molar-refractivity contribution in [2.45, 2.75) is 51.9 Å². The minimum absolute atomic E-state index is 0.0736. The zero-order valence-corrected chi connectivity index (χ0v) is 15.1. The molecular formula is C23H28O2. The fourth-order valence-corrected chi connectivity index (χ4v) is 2.96. The van der Waals surface area contributed by atoms with Crippen LogP contribution in [0.25, 0.3) is 5.76 Å². The third-order valence-corrected chi connectivity index (χ3v) is 4.42. The number of hydrogen-bond acceptors (Lipinski definition) is 2. The van der Waals surface area contributed by atoms with Crippen molar-refractivity contribution in [1.82, 2.24) is 0 Å². The molecule has 0 bridgehead atoms. The van der Waals surface area contributed by atoms with E-state index in [1.165, 1.54) is 25.7 Å². The number of aliphatic hydroxyl groups is 1. The average molecular weight is 336 g/mol. The van der Waals surface area contributed by atoms with Crippen molar-refractivity contribution in [3.8, 4) is 0 Å². The van der Waals surface area contributed by atoms with Crippen LogP contribution in [-0.2, 0) is 0 Å². The monoisotopic (exact) mass is 336 g/mol. The van der Waals surface area contributed by atoms with Crippen LogP contribution in [0.1, 0.15) is 67.8 Å². The summed E-state index contributed by atoms with van der Waals surface area (Å²) in [6.07, 6.45) is 7.55. The first-order valence-electron chi connectivity index (χ1n) is 9.31. The third kappa shape index (κ3) is 5.90. The summed E-state index contributed by atoms with van der Waals surface area (Å²) in [5, 5.41) is 10.7. The highest BCUT2D eigenvalue weighted by atomic mass is 16.3. The van der Waals surface area contributed by atoms with E-state index < -0.39 is 0 Å². The van der Waals surface area contributed by atoms with Gasteiger partial charge in [-0.3, -0.25) is 4.79 Å². The smallest absolute Gasteiger partial charge is 0.192 e. The zero-order chi connectivity index (χ0) is 17.9. The Morgan fingerprint density at radius 2 is 1.28 bits per heavy atom. The van der Waals surface area contributed by atoms with Crippen LogP contribution in [0.15, 0.2) is 66.2 Å². The molecule has 2 rings (SSSR count). The quantitative estimate of drug-likeness (QED) is 0.230. The minimum Gasteiger partial charge on any atom is -0.507 e. The highest BCUT2D eigenvalue weighted by molar-refractivity contribution is 6.12. The predicted octanol–water partition coefficient (Wildman–Crippen LogP) is 6.59. The van der Waals surface area contributed by atoms with Crippen LogP contribution in [0.3, 0.4) is 0 Å². The molecule has 0 aromatic heterocycles. The molecule has 1 N–H and O–H groups in total. The topological polar surface area (TPSA) is 37.3 Å². The molecule has 2 aromatic carbocycles. The molecule has 0 saturated heterocycles. The third-order valence-electron chi connectivity index (χ3n) is 4.42. The van der Waals surface area contributed by atoms with Crippen LogP contribution in [0.2, 0.25) is 0 Å². The van der Waals surface area contributed by atoms with Gasteiger partial charge in [-0.1, -0.05) is 99.7 Å². The number of benzene rings is 2. The second kappa shape index (κ2) is 10.5. The summed E-state index contributed by atoms with van der Waals surface area (Å²) < 4.78 is 0. The van der Waals surface area contributed by atoms with Gasteiger partial charge in [-0.15, -0.1) is 0 Å². The van der Waals surface area contributed by atoms with Gasteiger partial charge in [0.05, 0.1) is 0 Å². The summed E-state index contributed by atoms with van der Waals surface area (Å²) in [7, 11) is 0. The van der Waals surface area contributed by atoms with E-state index in [0.717, 1.165) is 12.8 Å². The van der Waals surface area contributed by atoms with Crippen molar-refractivity contribution >= 4 is 11.5 Å². The summed E-state index contributed by atoms with van der Waals surface area (Å²) in [4.78, 5) is 12.9. The van der Waals surface area contributed by atoms with Crippen LogP contribution in [0.4, 0.5) is 0 Å². The van der Waals surface area contributed by atoms with Crippen LogP contribution in [-0.4, -0.2) is 10.9 Å². The Hall–Kier alpha value is -2.35. The molecule has 0 atom stereocenters. The van der Waals surface area contributed by atoms with Gasteiger partial charge >= 0.3 is 0 Å². The molecule has 0 amide bonds. The van der Waals surface area contributed by atoms with Gasteiger partial charge in [-0.25, -0.2) is 0 Å². The van der Waals surface area contributed by atoms with E-state index in [1.807, 2.05) is 60.7 Å². The number of carbonyl (C=O) groups is 1. The molecule has 2 aromatic rings. The normalized spacial score (nSPS) is 11.9. The summed E-state index contributed by atoms with van der Waals surface area (Å²) in [6.45, 7) is 2.21.